The first-order chi connectivity index (χ1) is 9.61. The molecule has 0 spiro atoms. The van der Waals surface area contributed by atoms with E-state index in [2.05, 4.69) is 11.8 Å². The van der Waals surface area contributed by atoms with Gasteiger partial charge in [0.1, 0.15) is 0 Å². The Morgan fingerprint density at radius 1 is 1.15 bits per heavy atom. The minimum atomic E-state index is -0.145. The monoisotopic (exact) mass is 282 g/mol. The first-order valence-corrected chi connectivity index (χ1v) is 7.71. The van der Waals surface area contributed by atoms with Gasteiger partial charge in [0.25, 0.3) is 0 Å². The van der Waals surface area contributed by atoms with Crippen LogP contribution in [0.5, 0.6) is 0 Å². The van der Waals surface area contributed by atoms with Crippen molar-refractivity contribution in [3.05, 3.63) is 0 Å². The lowest BCUT2D eigenvalue weighted by Gasteiger charge is -2.36. The second-order valence-corrected chi connectivity index (χ2v) is 6.03. The van der Waals surface area contributed by atoms with Gasteiger partial charge in [-0.2, -0.15) is 0 Å². The number of likely N-dealkylation sites (tertiary alicyclic amines) is 2. The predicted octanol–water partition coefficient (Wildman–Crippen LogP) is 1.27. The van der Waals surface area contributed by atoms with Crippen molar-refractivity contribution in [2.45, 2.75) is 45.1 Å². The molecule has 2 heterocycles. The molecule has 2 aliphatic heterocycles. The highest BCUT2D eigenvalue weighted by atomic mass is 16.5. The van der Waals surface area contributed by atoms with E-state index < -0.39 is 0 Å². The van der Waals surface area contributed by atoms with E-state index in [1.807, 2.05) is 4.90 Å². The molecule has 2 atom stereocenters. The van der Waals surface area contributed by atoms with E-state index in [0.717, 1.165) is 38.8 Å². The van der Waals surface area contributed by atoms with E-state index >= 15 is 0 Å². The number of rotatable bonds is 3. The van der Waals surface area contributed by atoms with Crippen LogP contribution in [-0.2, 0) is 14.3 Å². The van der Waals surface area contributed by atoms with E-state index in [1.54, 1.807) is 0 Å². The molecule has 2 rings (SSSR count). The average molecular weight is 282 g/mol. The average Bonchev–Trinajstić information content (AvgIpc) is 2.47. The SMILES string of the molecule is COC(=O)C1CCCN(CC(=O)N2CCCCC2C)C1. The quantitative estimate of drug-likeness (QED) is 0.732. The van der Waals surface area contributed by atoms with Crippen molar-refractivity contribution in [1.29, 1.82) is 0 Å². The maximum atomic E-state index is 12.4. The summed E-state index contributed by atoms with van der Waals surface area (Å²) in [7, 11) is 1.43. The Bertz CT molecular complexity index is 359. The number of carbonyl (C=O) groups is 2. The van der Waals surface area contributed by atoms with Gasteiger partial charge < -0.3 is 9.64 Å². The van der Waals surface area contributed by atoms with Gasteiger partial charge in [-0.05, 0) is 45.6 Å². The maximum absolute atomic E-state index is 12.4. The lowest BCUT2D eigenvalue weighted by Crippen LogP contribution is -2.49. The smallest absolute Gasteiger partial charge is 0.309 e. The third-order valence-electron chi connectivity index (χ3n) is 4.52. The summed E-state index contributed by atoms with van der Waals surface area (Å²) in [6.45, 7) is 5.01. The first kappa shape index (κ1) is 15.3. The molecule has 0 aromatic carbocycles. The van der Waals surface area contributed by atoms with Crippen LogP contribution in [0.3, 0.4) is 0 Å². The van der Waals surface area contributed by atoms with Crippen LogP contribution in [0.25, 0.3) is 0 Å². The molecular weight excluding hydrogens is 256 g/mol. The summed E-state index contributed by atoms with van der Waals surface area (Å²) in [6, 6.07) is 0.359. The Kier molecular flexibility index (Phi) is 5.40. The molecule has 0 radical (unpaired) electrons. The van der Waals surface area contributed by atoms with Crippen molar-refractivity contribution in [3.8, 4) is 0 Å². The normalized spacial score (nSPS) is 28.2. The van der Waals surface area contributed by atoms with Crippen LogP contribution in [0.15, 0.2) is 0 Å². The van der Waals surface area contributed by atoms with Crippen molar-refractivity contribution in [2.75, 3.05) is 33.3 Å². The van der Waals surface area contributed by atoms with Crippen molar-refractivity contribution < 1.29 is 14.3 Å². The molecular formula is C15H26N2O3. The number of hydrogen-bond acceptors (Lipinski definition) is 4. The van der Waals surface area contributed by atoms with E-state index in [4.69, 9.17) is 4.74 Å². The minimum absolute atomic E-state index is 0.0691. The first-order valence-electron chi connectivity index (χ1n) is 7.71. The lowest BCUT2D eigenvalue weighted by molar-refractivity contribution is -0.148. The number of amides is 1. The molecule has 114 valence electrons. The van der Waals surface area contributed by atoms with Gasteiger partial charge in [0, 0.05) is 19.1 Å². The van der Waals surface area contributed by atoms with Crippen LogP contribution in [0, 0.1) is 5.92 Å². The van der Waals surface area contributed by atoms with E-state index in [1.165, 1.54) is 13.5 Å². The van der Waals surface area contributed by atoms with Gasteiger partial charge in [-0.3, -0.25) is 14.5 Å². The number of methoxy groups -OCH3 is 1. The molecule has 0 aromatic heterocycles. The third kappa shape index (κ3) is 3.72. The molecule has 20 heavy (non-hydrogen) atoms. The van der Waals surface area contributed by atoms with Crippen molar-refractivity contribution in [3.63, 3.8) is 0 Å². The maximum Gasteiger partial charge on any atom is 0.309 e. The van der Waals surface area contributed by atoms with Crippen LogP contribution in [0.1, 0.15) is 39.0 Å². The molecule has 2 aliphatic rings. The van der Waals surface area contributed by atoms with Gasteiger partial charge in [0.2, 0.25) is 5.91 Å². The third-order valence-corrected chi connectivity index (χ3v) is 4.52. The van der Waals surface area contributed by atoms with E-state index in [-0.39, 0.29) is 17.8 Å². The Morgan fingerprint density at radius 3 is 2.65 bits per heavy atom. The number of hydrogen-bond donors (Lipinski definition) is 0. The number of esters is 1. The van der Waals surface area contributed by atoms with Gasteiger partial charge in [-0.25, -0.2) is 0 Å². The molecule has 0 aliphatic carbocycles. The molecule has 0 saturated carbocycles. The Morgan fingerprint density at radius 2 is 1.95 bits per heavy atom. The summed E-state index contributed by atoms with van der Waals surface area (Å²) in [5.74, 6) is -0.00321. The van der Waals surface area contributed by atoms with Gasteiger partial charge in [-0.1, -0.05) is 0 Å². The summed E-state index contributed by atoms with van der Waals surface area (Å²) >= 11 is 0. The Labute approximate surface area is 121 Å². The largest absolute Gasteiger partial charge is 0.469 e. The number of piperidine rings is 2. The molecule has 2 unspecified atom stereocenters. The molecule has 1 amide bonds. The predicted molar refractivity (Wildman–Crippen MR) is 76.2 cm³/mol. The van der Waals surface area contributed by atoms with E-state index in [9.17, 15) is 9.59 Å². The number of carbonyl (C=O) groups excluding carboxylic acids is 2. The second kappa shape index (κ2) is 7.07. The zero-order chi connectivity index (χ0) is 14.5. The lowest BCUT2D eigenvalue weighted by atomic mass is 9.98. The van der Waals surface area contributed by atoms with Gasteiger partial charge in [0.05, 0.1) is 19.6 Å². The highest BCUT2D eigenvalue weighted by Crippen LogP contribution is 2.20. The summed E-state index contributed by atoms with van der Waals surface area (Å²) in [6.07, 6.45) is 5.27. The number of ether oxygens (including phenoxy) is 1. The Hall–Kier alpha value is -1.10. The van der Waals surface area contributed by atoms with Gasteiger partial charge in [0.15, 0.2) is 0 Å². The van der Waals surface area contributed by atoms with Crippen LogP contribution in [0.4, 0.5) is 0 Å². The zero-order valence-electron chi connectivity index (χ0n) is 12.6. The Balaban J connectivity index is 1.85. The van der Waals surface area contributed by atoms with Crippen LogP contribution in [0.2, 0.25) is 0 Å². The van der Waals surface area contributed by atoms with E-state index in [0.29, 0.717) is 19.1 Å². The van der Waals surface area contributed by atoms with Crippen molar-refractivity contribution in [2.24, 2.45) is 5.92 Å². The second-order valence-electron chi connectivity index (χ2n) is 6.03. The van der Waals surface area contributed by atoms with Crippen molar-refractivity contribution in [1.82, 2.24) is 9.80 Å². The fourth-order valence-electron chi connectivity index (χ4n) is 3.31. The molecule has 5 nitrogen and oxygen atoms in total. The standard InChI is InChI=1S/C15H26N2O3/c1-12-6-3-4-9-17(12)14(18)11-16-8-5-7-13(10-16)15(19)20-2/h12-13H,3-11H2,1-2H3. The fraction of sp³-hybridized carbons (Fsp3) is 0.867. The number of nitrogens with zero attached hydrogens (tertiary/aromatic N) is 2. The molecule has 0 N–H and O–H groups in total. The molecule has 2 saturated heterocycles. The van der Waals surface area contributed by atoms with Crippen LogP contribution < -0.4 is 0 Å². The van der Waals surface area contributed by atoms with Crippen LogP contribution in [-0.4, -0.2) is 61.0 Å². The summed E-state index contributed by atoms with van der Waals surface area (Å²) in [5, 5.41) is 0. The van der Waals surface area contributed by atoms with Crippen LogP contribution >= 0.6 is 0 Å². The van der Waals surface area contributed by atoms with Gasteiger partial charge in [-0.15, -0.1) is 0 Å². The topological polar surface area (TPSA) is 49.9 Å². The summed E-state index contributed by atoms with van der Waals surface area (Å²) < 4.78 is 4.82. The molecule has 2 fully saturated rings. The minimum Gasteiger partial charge on any atom is -0.469 e. The summed E-state index contributed by atoms with van der Waals surface area (Å²) in [4.78, 5) is 28.1. The summed E-state index contributed by atoms with van der Waals surface area (Å²) in [5.41, 5.74) is 0. The van der Waals surface area contributed by atoms with Crippen molar-refractivity contribution >= 4 is 11.9 Å². The zero-order valence-corrected chi connectivity index (χ0v) is 12.6. The fourth-order valence-corrected chi connectivity index (χ4v) is 3.31. The molecule has 5 heteroatoms. The molecule has 0 aromatic rings. The highest BCUT2D eigenvalue weighted by Gasteiger charge is 2.30. The van der Waals surface area contributed by atoms with Gasteiger partial charge >= 0.3 is 5.97 Å². The highest BCUT2D eigenvalue weighted by molar-refractivity contribution is 5.79. The molecule has 0 bridgehead atoms.